The van der Waals surface area contributed by atoms with Crippen LogP contribution in [0.2, 0.25) is 0 Å². The smallest absolute Gasteiger partial charge is 0.136 e. The molecule has 0 aliphatic rings. The molecule has 10 aromatic rings. The van der Waals surface area contributed by atoms with Crippen molar-refractivity contribution in [3.05, 3.63) is 152 Å². The second kappa shape index (κ2) is 9.43. The summed E-state index contributed by atoms with van der Waals surface area (Å²) < 4.78 is 11.4. The molecule has 0 amide bonds. The second-order valence-corrected chi connectivity index (χ2v) is 12.8. The van der Waals surface area contributed by atoms with Crippen LogP contribution >= 0.6 is 11.3 Å². The van der Waals surface area contributed by atoms with Crippen LogP contribution in [0.25, 0.3) is 91.9 Å². The highest BCUT2D eigenvalue weighted by atomic mass is 32.1. The summed E-state index contributed by atoms with van der Waals surface area (Å²) in [7, 11) is 0. The molecule has 7 aromatic carbocycles. The first-order valence-electron chi connectivity index (χ1n) is 15.3. The third-order valence-electron chi connectivity index (χ3n) is 9.18. The summed E-state index contributed by atoms with van der Waals surface area (Å²) >= 11 is 1.89. The van der Waals surface area contributed by atoms with Crippen LogP contribution in [0.15, 0.2) is 156 Å². The van der Waals surface area contributed by atoms with Crippen molar-refractivity contribution in [1.82, 2.24) is 4.57 Å². The van der Waals surface area contributed by atoms with Gasteiger partial charge in [-0.3, -0.25) is 0 Å². The number of rotatable bonds is 3. The third kappa shape index (κ3) is 3.68. The van der Waals surface area contributed by atoms with Crippen molar-refractivity contribution in [2.24, 2.45) is 0 Å². The molecule has 10 rings (SSSR count). The van der Waals surface area contributed by atoms with E-state index in [2.05, 4.69) is 156 Å². The van der Waals surface area contributed by atoms with E-state index in [1.165, 1.54) is 69.7 Å². The lowest BCUT2D eigenvalue weighted by Crippen LogP contribution is -1.92. The Morgan fingerprint density at radius 1 is 0.467 bits per heavy atom. The van der Waals surface area contributed by atoms with E-state index in [4.69, 9.17) is 4.42 Å². The molecule has 3 heteroatoms. The van der Waals surface area contributed by atoms with Gasteiger partial charge in [-0.2, -0.15) is 0 Å². The van der Waals surface area contributed by atoms with E-state index in [9.17, 15) is 0 Å². The molecule has 45 heavy (non-hydrogen) atoms. The lowest BCUT2D eigenvalue weighted by Gasteiger charge is -2.09. The normalized spacial score (nSPS) is 12.0. The Labute approximate surface area is 263 Å². The molecule has 3 heterocycles. The predicted octanol–water partition coefficient (Wildman–Crippen LogP) is 12.4. The Balaban J connectivity index is 1.09. The highest BCUT2D eigenvalue weighted by molar-refractivity contribution is 7.26. The first-order chi connectivity index (χ1) is 22.3. The third-order valence-corrected chi connectivity index (χ3v) is 10.4. The van der Waals surface area contributed by atoms with Gasteiger partial charge in [0.15, 0.2) is 0 Å². The molecule has 0 spiro atoms. The van der Waals surface area contributed by atoms with E-state index in [0.717, 1.165) is 22.1 Å². The molecule has 0 radical (unpaired) electrons. The predicted molar refractivity (Wildman–Crippen MR) is 192 cm³/mol. The Kier molecular flexibility index (Phi) is 5.19. The maximum atomic E-state index is 6.38. The average molecular weight is 592 g/mol. The molecule has 0 unspecified atom stereocenters. The van der Waals surface area contributed by atoms with Gasteiger partial charge < -0.3 is 8.98 Å². The van der Waals surface area contributed by atoms with Crippen molar-refractivity contribution in [2.45, 2.75) is 0 Å². The highest BCUT2D eigenvalue weighted by Crippen LogP contribution is 2.44. The van der Waals surface area contributed by atoms with Gasteiger partial charge in [0.05, 0.1) is 15.7 Å². The molecule has 0 aliphatic carbocycles. The molecule has 0 fully saturated rings. The highest BCUT2D eigenvalue weighted by Gasteiger charge is 2.18. The van der Waals surface area contributed by atoms with Gasteiger partial charge in [0.2, 0.25) is 0 Å². The van der Waals surface area contributed by atoms with E-state index in [-0.39, 0.29) is 0 Å². The van der Waals surface area contributed by atoms with Gasteiger partial charge in [-0.1, -0.05) is 103 Å². The summed E-state index contributed by atoms with van der Waals surface area (Å²) in [5.41, 5.74) is 10.3. The van der Waals surface area contributed by atoms with Crippen LogP contribution in [0.1, 0.15) is 0 Å². The SMILES string of the molecule is c1ccc(-n2c3ccccc3c3sc4cc(-c5cccc(-c6ccc7c(c6)oc6ccc8ccccc8c67)c5)ccc4c32)cc1. The maximum absolute atomic E-state index is 6.38. The zero-order valence-electron chi connectivity index (χ0n) is 24.2. The Hall–Kier alpha value is -5.64. The van der Waals surface area contributed by atoms with Crippen molar-refractivity contribution in [1.29, 1.82) is 0 Å². The maximum Gasteiger partial charge on any atom is 0.136 e. The van der Waals surface area contributed by atoms with Crippen LogP contribution in [0.5, 0.6) is 0 Å². The first kappa shape index (κ1) is 24.8. The summed E-state index contributed by atoms with van der Waals surface area (Å²) in [4.78, 5) is 0. The number of para-hydroxylation sites is 2. The molecule has 0 atom stereocenters. The minimum Gasteiger partial charge on any atom is -0.456 e. The molecule has 0 saturated heterocycles. The lowest BCUT2D eigenvalue weighted by molar-refractivity contribution is 0.669. The van der Waals surface area contributed by atoms with Gasteiger partial charge in [0.1, 0.15) is 11.2 Å². The Morgan fingerprint density at radius 2 is 1.18 bits per heavy atom. The van der Waals surface area contributed by atoms with E-state index < -0.39 is 0 Å². The number of aromatic nitrogens is 1. The van der Waals surface area contributed by atoms with Crippen LogP contribution < -0.4 is 0 Å². The number of hydrogen-bond acceptors (Lipinski definition) is 2. The Morgan fingerprint density at radius 3 is 2.04 bits per heavy atom. The van der Waals surface area contributed by atoms with Gasteiger partial charge in [-0.15, -0.1) is 11.3 Å². The fourth-order valence-electron chi connectivity index (χ4n) is 7.10. The molecule has 0 bridgehead atoms. The fourth-order valence-corrected chi connectivity index (χ4v) is 8.36. The van der Waals surface area contributed by atoms with E-state index >= 15 is 0 Å². The minimum absolute atomic E-state index is 0.919. The number of furan rings is 1. The van der Waals surface area contributed by atoms with E-state index in [1.54, 1.807) is 0 Å². The second-order valence-electron chi connectivity index (χ2n) is 11.7. The fraction of sp³-hybridized carbons (Fsp3) is 0. The first-order valence-corrected chi connectivity index (χ1v) is 16.1. The number of fused-ring (bicyclic) bond motifs is 10. The van der Waals surface area contributed by atoms with Crippen molar-refractivity contribution in [3.63, 3.8) is 0 Å². The summed E-state index contributed by atoms with van der Waals surface area (Å²) in [5.74, 6) is 0. The van der Waals surface area contributed by atoms with Gasteiger partial charge in [0.25, 0.3) is 0 Å². The van der Waals surface area contributed by atoms with E-state index in [1.807, 2.05) is 11.3 Å². The van der Waals surface area contributed by atoms with Crippen LogP contribution in [-0.4, -0.2) is 4.57 Å². The molecule has 0 aliphatic heterocycles. The number of nitrogens with zero attached hydrogens (tertiary/aromatic N) is 1. The summed E-state index contributed by atoms with van der Waals surface area (Å²) in [5, 5.41) is 7.40. The zero-order chi connectivity index (χ0) is 29.5. The van der Waals surface area contributed by atoms with Gasteiger partial charge in [-0.05, 0) is 81.6 Å². The quantitative estimate of drug-likeness (QED) is 0.200. The lowest BCUT2D eigenvalue weighted by atomic mass is 9.97. The minimum atomic E-state index is 0.919. The summed E-state index contributed by atoms with van der Waals surface area (Å²) in [6.45, 7) is 0. The van der Waals surface area contributed by atoms with Crippen molar-refractivity contribution in [3.8, 4) is 27.9 Å². The zero-order valence-corrected chi connectivity index (χ0v) is 25.0. The molecule has 0 saturated carbocycles. The van der Waals surface area contributed by atoms with Crippen molar-refractivity contribution < 1.29 is 4.42 Å². The largest absolute Gasteiger partial charge is 0.456 e. The van der Waals surface area contributed by atoms with Crippen molar-refractivity contribution >= 4 is 75.3 Å². The van der Waals surface area contributed by atoms with E-state index in [0.29, 0.717) is 0 Å². The van der Waals surface area contributed by atoms with Crippen LogP contribution in [0.3, 0.4) is 0 Å². The molecule has 3 aromatic heterocycles. The van der Waals surface area contributed by atoms with Crippen LogP contribution in [0.4, 0.5) is 0 Å². The standard InChI is InChI=1S/C42H25NOS/c1-2-12-31(13-3-1)43-36-16-7-6-15-33(36)42-41(43)35-21-18-30(25-39(35)45-42)28-11-8-10-27(23-28)29-17-20-34-38(24-29)44-37-22-19-26-9-4-5-14-32(26)40(34)37/h1-25H. The monoisotopic (exact) mass is 591 g/mol. The average Bonchev–Trinajstić information content (AvgIpc) is 3.77. The number of thiophene rings is 1. The molecular formula is C42H25NOS. The van der Waals surface area contributed by atoms with Gasteiger partial charge in [0, 0.05) is 31.9 Å². The summed E-state index contributed by atoms with van der Waals surface area (Å²) in [6.07, 6.45) is 0. The summed E-state index contributed by atoms with van der Waals surface area (Å²) in [6, 6.07) is 54.6. The number of benzene rings is 7. The van der Waals surface area contributed by atoms with Gasteiger partial charge in [-0.25, -0.2) is 0 Å². The van der Waals surface area contributed by atoms with Crippen LogP contribution in [0, 0.1) is 0 Å². The van der Waals surface area contributed by atoms with Crippen molar-refractivity contribution in [2.75, 3.05) is 0 Å². The molecular weight excluding hydrogens is 567 g/mol. The topological polar surface area (TPSA) is 18.1 Å². The Bertz CT molecular complexity index is 2760. The molecule has 2 nitrogen and oxygen atoms in total. The molecule has 210 valence electrons. The van der Waals surface area contributed by atoms with Crippen LogP contribution in [-0.2, 0) is 0 Å². The molecule has 0 N–H and O–H groups in total. The van der Waals surface area contributed by atoms with Gasteiger partial charge >= 0.3 is 0 Å². The number of hydrogen-bond donors (Lipinski definition) is 0.